The van der Waals surface area contributed by atoms with Crippen molar-refractivity contribution in [3.8, 4) is 44.5 Å². The van der Waals surface area contributed by atoms with Gasteiger partial charge >= 0.3 is 0 Å². The lowest BCUT2D eigenvalue weighted by molar-refractivity contribution is 0.669. The van der Waals surface area contributed by atoms with Crippen molar-refractivity contribution in [2.75, 3.05) is 0 Å². The number of furan rings is 1. The summed E-state index contributed by atoms with van der Waals surface area (Å²) in [5.74, 6) is 0. The molecular formula is C52H32O. The van der Waals surface area contributed by atoms with Gasteiger partial charge in [-0.25, -0.2) is 0 Å². The number of hydrogen-bond acceptors (Lipinski definition) is 1. The minimum atomic E-state index is 0.906. The third kappa shape index (κ3) is 4.71. The van der Waals surface area contributed by atoms with Gasteiger partial charge in [0.1, 0.15) is 11.2 Å². The van der Waals surface area contributed by atoms with E-state index in [0.717, 1.165) is 21.9 Å². The molecule has 1 heterocycles. The molecule has 0 fully saturated rings. The molecule has 246 valence electrons. The van der Waals surface area contributed by atoms with Gasteiger partial charge in [-0.05, 0) is 118 Å². The summed E-state index contributed by atoms with van der Waals surface area (Å²) in [5, 5.41) is 12.2. The van der Waals surface area contributed by atoms with Crippen LogP contribution in [0, 0.1) is 0 Å². The van der Waals surface area contributed by atoms with Crippen molar-refractivity contribution in [1.29, 1.82) is 0 Å². The van der Waals surface area contributed by atoms with Crippen molar-refractivity contribution in [3.05, 3.63) is 194 Å². The van der Waals surface area contributed by atoms with E-state index >= 15 is 0 Å². The lowest BCUT2D eigenvalue weighted by Crippen LogP contribution is -1.92. The first-order valence-electron chi connectivity index (χ1n) is 18.3. The molecule has 1 heteroatoms. The molecule has 53 heavy (non-hydrogen) atoms. The standard InChI is InChI=1S/C52H32O/c1-3-12-33(13-4-1)36-24-27-40-38(30-36)16-11-21-41(40)51-44-19-9-7-17-42(44)50(43-18-8-10-20-45(43)51)39-23-22-35-25-29-49-52(46(35)32-39)47-31-37(26-28-48(47)53-49)34-14-5-2-6-15-34/h1-32H. The van der Waals surface area contributed by atoms with Crippen molar-refractivity contribution in [1.82, 2.24) is 0 Å². The Morgan fingerprint density at radius 3 is 1.51 bits per heavy atom. The highest BCUT2D eigenvalue weighted by atomic mass is 16.3. The molecule has 1 nitrogen and oxygen atoms in total. The maximum Gasteiger partial charge on any atom is 0.136 e. The average Bonchev–Trinajstić information content (AvgIpc) is 3.61. The van der Waals surface area contributed by atoms with Gasteiger partial charge < -0.3 is 4.42 Å². The van der Waals surface area contributed by atoms with Crippen molar-refractivity contribution < 1.29 is 4.42 Å². The molecule has 0 atom stereocenters. The Hall–Kier alpha value is -6.96. The molecule has 0 aliphatic heterocycles. The second kappa shape index (κ2) is 11.8. The Labute approximate surface area is 307 Å². The average molecular weight is 673 g/mol. The van der Waals surface area contributed by atoms with Crippen molar-refractivity contribution in [2.24, 2.45) is 0 Å². The first kappa shape index (κ1) is 29.7. The normalized spacial score (nSPS) is 11.8. The molecule has 1 aromatic heterocycles. The number of hydrogen-bond donors (Lipinski definition) is 0. The van der Waals surface area contributed by atoms with E-state index in [9.17, 15) is 0 Å². The lowest BCUT2D eigenvalue weighted by Gasteiger charge is -2.19. The second-order valence-corrected chi connectivity index (χ2v) is 14.0. The molecule has 0 saturated carbocycles. The Kier molecular flexibility index (Phi) is 6.62. The van der Waals surface area contributed by atoms with Crippen LogP contribution >= 0.6 is 0 Å². The molecule has 0 bridgehead atoms. The predicted molar refractivity (Wildman–Crippen MR) is 225 cm³/mol. The van der Waals surface area contributed by atoms with Crippen LogP contribution < -0.4 is 0 Å². The maximum absolute atomic E-state index is 6.47. The van der Waals surface area contributed by atoms with Gasteiger partial charge in [-0.15, -0.1) is 0 Å². The van der Waals surface area contributed by atoms with E-state index in [1.807, 2.05) is 0 Å². The Balaban J connectivity index is 1.16. The molecule has 0 N–H and O–H groups in total. The van der Waals surface area contributed by atoms with E-state index in [4.69, 9.17) is 4.42 Å². The van der Waals surface area contributed by atoms with E-state index < -0.39 is 0 Å². The fourth-order valence-electron chi connectivity index (χ4n) is 8.60. The molecular weight excluding hydrogens is 641 g/mol. The van der Waals surface area contributed by atoms with Gasteiger partial charge in [0.15, 0.2) is 0 Å². The van der Waals surface area contributed by atoms with Gasteiger partial charge in [0, 0.05) is 10.8 Å². The molecule has 11 aromatic rings. The second-order valence-electron chi connectivity index (χ2n) is 14.0. The number of benzene rings is 10. The molecule has 0 saturated heterocycles. The zero-order chi connectivity index (χ0) is 34.9. The van der Waals surface area contributed by atoms with Gasteiger partial charge in [-0.3, -0.25) is 0 Å². The van der Waals surface area contributed by atoms with Crippen LogP contribution in [0.3, 0.4) is 0 Å². The fourth-order valence-corrected chi connectivity index (χ4v) is 8.60. The first-order chi connectivity index (χ1) is 26.3. The Bertz CT molecular complexity index is 3150. The lowest BCUT2D eigenvalue weighted by atomic mass is 9.84. The Morgan fingerprint density at radius 1 is 0.264 bits per heavy atom. The van der Waals surface area contributed by atoms with Crippen LogP contribution in [0.25, 0.3) is 110 Å². The highest BCUT2D eigenvalue weighted by Gasteiger charge is 2.19. The van der Waals surface area contributed by atoms with Crippen LogP contribution in [0.2, 0.25) is 0 Å². The largest absolute Gasteiger partial charge is 0.456 e. The van der Waals surface area contributed by atoms with Crippen LogP contribution in [0.4, 0.5) is 0 Å². The van der Waals surface area contributed by atoms with Gasteiger partial charge in [-0.2, -0.15) is 0 Å². The summed E-state index contributed by atoms with van der Waals surface area (Å²) >= 11 is 0. The minimum Gasteiger partial charge on any atom is -0.456 e. The van der Waals surface area contributed by atoms with Crippen LogP contribution in [0.5, 0.6) is 0 Å². The first-order valence-corrected chi connectivity index (χ1v) is 18.3. The topological polar surface area (TPSA) is 13.1 Å². The van der Waals surface area contributed by atoms with Crippen LogP contribution in [-0.4, -0.2) is 0 Å². The van der Waals surface area contributed by atoms with E-state index in [-0.39, 0.29) is 0 Å². The summed E-state index contributed by atoms with van der Waals surface area (Å²) < 4.78 is 6.47. The molecule has 0 amide bonds. The highest BCUT2D eigenvalue weighted by molar-refractivity contribution is 6.25. The highest BCUT2D eigenvalue weighted by Crippen LogP contribution is 2.47. The molecule has 10 aromatic carbocycles. The Morgan fingerprint density at radius 2 is 0.811 bits per heavy atom. The molecule has 11 rings (SSSR count). The molecule has 0 aliphatic carbocycles. The SMILES string of the molecule is c1ccc(-c2ccc3c(-c4c5ccccc5c(-c5ccc6ccc7oc8ccc(-c9ccccc9)cc8c7c6c5)c5ccccc45)cccc3c2)cc1. The molecule has 0 spiro atoms. The van der Waals surface area contributed by atoms with Crippen molar-refractivity contribution in [2.45, 2.75) is 0 Å². The van der Waals surface area contributed by atoms with E-state index in [1.54, 1.807) is 0 Å². The summed E-state index contributed by atoms with van der Waals surface area (Å²) in [4.78, 5) is 0. The quantitative estimate of drug-likeness (QED) is 0.170. The van der Waals surface area contributed by atoms with Gasteiger partial charge in [0.05, 0.1) is 0 Å². The fraction of sp³-hybridized carbons (Fsp3) is 0. The smallest absolute Gasteiger partial charge is 0.136 e. The van der Waals surface area contributed by atoms with Crippen molar-refractivity contribution >= 4 is 65.0 Å². The van der Waals surface area contributed by atoms with Gasteiger partial charge in [0.25, 0.3) is 0 Å². The molecule has 0 aliphatic rings. The number of rotatable bonds is 4. The van der Waals surface area contributed by atoms with Crippen molar-refractivity contribution in [3.63, 3.8) is 0 Å². The van der Waals surface area contributed by atoms with Gasteiger partial charge in [0.2, 0.25) is 0 Å². The summed E-state index contributed by atoms with van der Waals surface area (Å²) in [5.41, 5.74) is 11.6. The summed E-state index contributed by atoms with van der Waals surface area (Å²) in [6.45, 7) is 0. The molecule has 0 unspecified atom stereocenters. The zero-order valence-corrected chi connectivity index (χ0v) is 28.9. The monoisotopic (exact) mass is 672 g/mol. The summed E-state index contributed by atoms with van der Waals surface area (Å²) in [7, 11) is 0. The third-order valence-electron chi connectivity index (χ3n) is 11.0. The van der Waals surface area contributed by atoms with Crippen LogP contribution in [0.1, 0.15) is 0 Å². The van der Waals surface area contributed by atoms with Crippen LogP contribution in [-0.2, 0) is 0 Å². The molecule has 0 radical (unpaired) electrons. The van der Waals surface area contributed by atoms with E-state index in [1.165, 1.54) is 87.6 Å². The van der Waals surface area contributed by atoms with Gasteiger partial charge in [-0.1, -0.05) is 164 Å². The third-order valence-corrected chi connectivity index (χ3v) is 11.0. The van der Waals surface area contributed by atoms with E-state index in [0.29, 0.717) is 0 Å². The predicted octanol–water partition coefficient (Wildman–Crippen LogP) is 14.9. The summed E-state index contributed by atoms with van der Waals surface area (Å²) in [6, 6.07) is 70.6. The summed E-state index contributed by atoms with van der Waals surface area (Å²) in [6.07, 6.45) is 0. The van der Waals surface area contributed by atoms with Crippen LogP contribution in [0.15, 0.2) is 199 Å². The number of fused-ring (bicyclic) bond motifs is 8. The maximum atomic E-state index is 6.47. The zero-order valence-electron chi connectivity index (χ0n) is 28.9. The van der Waals surface area contributed by atoms with E-state index in [2.05, 4.69) is 194 Å². The minimum absolute atomic E-state index is 0.906.